The van der Waals surface area contributed by atoms with Crippen LogP contribution in [0.5, 0.6) is 0 Å². The molecule has 2 N–H and O–H groups in total. The summed E-state index contributed by atoms with van der Waals surface area (Å²) in [6.07, 6.45) is 0.266. The largest absolute Gasteiger partial charge is 0.393 e. The lowest BCUT2D eigenvalue weighted by Gasteiger charge is -2.34. The minimum Gasteiger partial charge on any atom is -0.393 e. The quantitative estimate of drug-likeness (QED) is 0.813. The number of carbonyl (C=O) groups is 2. The number of urea groups is 1. The van der Waals surface area contributed by atoms with E-state index in [2.05, 4.69) is 5.32 Å². The fourth-order valence-corrected chi connectivity index (χ4v) is 2.34. The average Bonchev–Trinajstić information content (AvgIpc) is 2.42. The zero-order valence-corrected chi connectivity index (χ0v) is 11.8. The topological polar surface area (TPSA) is 69.6 Å². The van der Waals surface area contributed by atoms with Gasteiger partial charge in [0.05, 0.1) is 6.10 Å². The summed E-state index contributed by atoms with van der Waals surface area (Å²) in [5.41, 5.74) is 1.19. The van der Waals surface area contributed by atoms with Crippen LogP contribution < -0.4 is 5.32 Å². The second kappa shape index (κ2) is 6.05. The molecule has 0 aromatic heterocycles. The second-order valence-electron chi connectivity index (χ2n) is 5.35. The average molecular weight is 276 g/mol. The van der Waals surface area contributed by atoms with E-state index >= 15 is 0 Å². The summed E-state index contributed by atoms with van der Waals surface area (Å²) in [5.74, 6) is 0.0499. The molecule has 1 aromatic carbocycles. The highest BCUT2D eigenvalue weighted by molar-refractivity contribution is 5.96. The van der Waals surface area contributed by atoms with Crippen LogP contribution in [0.15, 0.2) is 24.3 Å². The number of aliphatic hydroxyl groups excluding tert-OH is 1. The van der Waals surface area contributed by atoms with Crippen LogP contribution in [-0.2, 0) is 0 Å². The van der Waals surface area contributed by atoms with Crippen molar-refractivity contribution in [2.24, 2.45) is 5.92 Å². The van der Waals surface area contributed by atoms with Gasteiger partial charge in [0.15, 0.2) is 5.78 Å². The number of piperidine rings is 1. The van der Waals surface area contributed by atoms with E-state index in [9.17, 15) is 14.7 Å². The molecule has 5 heteroatoms. The van der Waals surface area contributed by atoms with Crippen LogP contribution in [0.1, 0.15) is 30.6 Å². The molecule has 5 nitrogen and oxygen atoms in total. The van der Waals surface area contributed by atoms with Gasteiger partial charge in [0.1, 0.15) is 0 Å². The number of likely N-dealkylation sites (tertiary alicyclic amines) is 1. The first-order valence-corrected chi connectivity index (χ1v) is 6.82. The van der Waals surface area contributed by atoms with Crippen molar-refractivity contribution in [2.45, 2.75) is 26.4 Å². The van der Waals surface area contributed by atoms with Crippen molar-refractivity contribution < 1.29 is 14.7 Å². The van der Waals surface area contributed by atoms with Crippen LogP contribution in [-0.4, -0.2) is 41.0 Å². The Labute approximate surface area is 118 Å². The Morgan fingerprint density at radius 3 is 2.80 bits per heavy atom. The lowest BCUT2D eigenvalue weighted by Crippen LogP contribution is -2.46. The van der Waals surface area contributed by atoms with Gasteiger partial charge in [-0.25, -0.2) is 4.79 Å². The molecule has 2 unspecified atom stereocenters. The number of nitrogens with one attached hydrogen (secondary N) is 1. The lowest BCUT2D eigenvalue weighted by molar-refractivity contribution is 0.0506. The molecule has 20 heavy (non-hydrogen) atoms. The van der Waals surface area contributed by atoms with E-state index < -0.39 is 0 Å². The Morgan fingerprint density at radius 2 is 2.15 bits per heavy atom. The zero-order valence-electron chi connectivity index (χ0n) is 11.8. The van der Waals surface area contributed by atoms with Gasteiger partial charge in [-0.05, 0) is 31.4 Å². The number of ketones is 1. The van der Waals surface area contributed by atoms with Gasteiger partial charge in [-0.15, -0.1) is 0 Å². The van der Waals surface area contributed by atoms with Crippen LogP contribution in [0.25, 0.3) is 0 Å². The summed E-state index contributed by atoms with van der Waals surface area (Å²) in [6, 6.07) is 6.70. The standard InChI is InChI=1S/C15H20N2O3/c1-10-9-17(7-6-14(10)19)15(20)16-13-5-3-4-12(8-13)11(2)18/h3-5,8,10,14,19H,6-7,9H2,1-2H3,(H,16,20). The highest BCUT2D eigenvalue weighted by atomic mass is 16.3. The number of anilines is 1. The summed E-state index contributed by atoms with van der Waals surface area (Å²) in [6.45, 7) is 4.51. The van der Waals surface area contributed by atoms with Crippen LogP contribution in [0.4, 0.5) is 10.5 Å². The number of hydrogen-bond acceptors (Lipinski definition) is 3. The summed E-state index contributed by atoms with van der Waals surface area (Å²) in [7, 11) is 0. The van der Waals surface area contributed by atoms with E-state index in [-0.39, 0.29) is 23.8 Å². The third kappa shape index (κ3) is 3.36. The van der Waals surface area contributed by atoms with Gasteiger partial charge in [0.25, 0.3) is 0 Å². The summed E-state index contributed by atoms with van der Waals surface area (Å²) >= 11 is 0. The molecule has 0 saturated carbocycles. The number of benzene rings is 1. The Hall–Kier alpha value is -1.88. The van der Waals surface area contributed by atoms with E-state index in [1.54, 1.807) is 29.2 Å². The molecule has 2 amide bonds. The number of amides is 2. The van der Waals surface area contributed by atoms with Gasteiger partial charge in [0.2, 0.25) is 0 Å². The molecule has 0 aliphatic carbocycles. The van der Waals surface area contributed by atoms with Gasteiger partial charge in [0, 0.05) is 24.3 Å². The van der Waals surface area contributed by atoms with Gasteiger partial charge >= 0.3 is 6.03 Å². The molecular formula is C15H20N2O3. The van der Waals surface area contributed by atoms with Crippen LogP contribution in [0.3, 0.4) is 0 Å². The first-order valence-electron chi connectivity index (χ1n) is 6.82. The maximum atomic E-state index is 12.1. The van der Waals surface area contributed by atoms with Crippen molar-refractivity contribution in [3.8, 4) is 0 Å². The third-order valence-electron chi connectivity index (χ3n) is 3.67. The lowest BCUT2D eigenvalue weighted by atomic mass is 9.97. The van der Waals surface area contributed by atoms with Crippen molar-refractivity contribution >= 4 is 17.5 Å². The van der Waals surface area contributed by atoms with Gasteiger partial charge in [-0.2, -0.15) is 0 Å². The molecule has 2 rings (SSSR count). The highest BCUT2D eigenvalue weighted by Crippen LogP contribution is 2.18. The minimum atomic E-state index is -0.333. The Bertz CT molecular complexity index is 516. The molecule has 0 spiro atoms. The first-order chi connectivity index (χ1) is 9.47. The molecule has 1 saturated heterocycles. The fraction of sp³-hybridized carbons (Fsp3) is 0.467. The maximum absolute atomic E-state index is 12.1. The molecule has 1 aliphatic heterocycles. The molecule has 1 fully saturated rings. The number of carbonyl (C=O) groups excluding carboxylic acids is 2. The zero-order chi connectivity index (χ0) is 14.7. The van der Waals surface area contributed by atoms with Crippen molar-refractivity contribution in [2.75, 3.05) is 18.4 Å². The number of aliphatic hydroxyl groups is 1. The predicted octanol–water partition coefficient (Wildman–Crippen LogP) is 2.12. The maximum Gasteiger partial charge on any atom is 0.321 e. The van der Waals surface area contributed by atoms with E-state index in [0.29, 0.717) is 30.8 Å². The molecule has 1 aromatic rings. The van der Waals surface area contributed by atoms with Crippen LogP contribution in [0.2, 0.25) is 0 Å². The summed E-state index contributed by atoms with van der Waals surface area (Å²) in [4.78, 5) is 25.2. The Morgan fingerprint density at radius 1 is 1.40 bits per heavy atom. The normalized spacial score (nSPS) is 22.4. The molecule has 1 aliphatic rings. The number of rotatable bonds is 2. The summed E-state index contributed by atoms with van der Waals surface area (Å²) in [5, 5.41) is 12.5. The molecular weight excluding hydrogens is 256 g/mol. The molecule has 0 radical (unpaired) electrons. The second-order valence-corrected chi connectivity index (χ2v) is 5.35. The number of nitrogens with zero attached hydrogens (tertiary/aromatic N) is 1. The van der Waals surface area contributed by atoms with Crippen molar-refractivity contribution in [1.82, 2.24) is 4.90 Å². The Kier molecular flexibility index (Phi) is 4.39. The van der Waals surface area contributed by atoms with E-state index in [1.165, 1.54) is 6.92 Å². The molecule has 2 atom stereocenters. The predicted molar refractivity (Wildman–Crippen MR) is 76.8 cm³/mol. The SMILES string of the molecule is CC(=O)c1cccc(NC(=O)N2CCC(O)C(C)C2)c1. The first kappa shape index (κ1) is 14.5. The van der Waals surface area contributed by atoms with Crippen LogP contribution in [0, 0.1) is 5.92 Å². The van der Waals surface area contributed by atoms with Crippen molar-refractivity contribution in [3.63, 3.8) is 0 Å². The summed E-state index contributed by atoms with van der Waals surface area (Å²) < 4.78 is 0. The number of Topliss-reactive ketones (excluding diaryl/α,β-unsaturated/α-hetero) is 1. The molecule has 108 valence electrons. The Balaban J connectivity index is 2.01. The smallest absolute Gasteiger partial charge is 0.321 e. The number of hydrogen-bond donors (Lipinski definition) is 2. The molecule has 0 bridgehead atoms. The minimum absolute atomic E-state index is 0.0317. The highest BCUT2D eigenvalue weighted by Gasteiger charge is 2.27. The third-order valence-corrected chi connectivity index (χ3v) is 3.67. The molecule has 1 heterocycles. The van der Waals surface area contributed by atoms with Gasteiger partial charge in [-0.1, -0.05) is 19.1 Å². The van der Waals surface area contributed by atoms with E-state index in [1.807, 2.05) is 6.92 Å². The van der Waals surface area contributed by atoms with Gasteiger partial charge in [-0.3, -0.25) is 4.79 Å². The van der Waals surface area contributed by atoms with Crippen molar-refractivity contribution in [1.29, 1.82) is 0 Å². The van der Waals surface area contributed by atoms with Crippen LogP contribution >= 0.6 is 0 Å². The van der Waals surface area contributed by atoms with Crippen molar-refractivity contribution in [3.05, 3.63) is 29.8 Å². The fourth-order valence-electron chi connectivity index (χ4n) is 2.34. The van der Waals surface area contributed by atoms with Gasteiger partial charge < -0.3 is 15.3 Å². The van der Waals surface area contributed by atoms with E-state index in [0.717, 1.165) is 0 Å². The monoisotopic (exact) mass is 276 g/mol. The van der Waals surface area contributed by atoms with E-state index in [4.69, 9.17) is 0 Å².